The standard InChI is InChI=1S/C14H14IN3O2/c1-10-7-11(4-5-13(10)15)16-9-14(19)18-17-8-12-3-2-6-20-12/h2-8,16H,9H2,1H3,(H,18,19)/b17-8-. The van der Waals surface area contributed by atoms with Crippen LogP contribution in [0.1, 0.15) is 11.3 Å². The third-order valence-electron chi connectivity index (χ3n) is 2.54. The van der Waals surface area contributed by atoms with E-state index in [1.807, 2.05) is 25.1 Å². The van der Waals surface area contributed by atoms with E-state index in [9.17, 15) is 4.79 Å². The summed E-state index contributed by atoms with van der Waals surface area (Å²) >= 11 is 2.27. The highest BCUT2D eigenvalue weighted by Crippen LogP contribution is 2.16. The molecule has 0 radical (unpaired) electrons. The normalized spacial score (nSPS) is 10.7. The lowest BCUT2D eigenvalue weighted by molar-refractivity contribution is -0.119. The average Bonchev–Trinajstić information content (AvgIpc) is 2.93. The van der Waals surface area contributed by atoms with Gasteiger partial charge < -0.3 is 9.73 Å². The number of hydrogen-bond donors (Lipinski definition) is 2. The van der Waals surface area contributed by atoms with E-state index >= 15 is 0 Å². The Morgan fingerprint density at radius 2 is 2.30 bits per heavy atom. The molecule has 104 valence electrons. The molecule has 0 atom stereocenters. The van der Waals surface area contributed by atoms with Gasteiger partial charge in [-0.05, 0) is 65.4 Å². The minimum atomic E-state index is -0.219. The Hall–Kier alpha value is -1.83. The SMILES string of the molecule is Cc1cc(NCC(=O)N/N=C\c2ccco2)ccc1I. The van der Waals surface area contributed by atoms with Crippen LogP contribution in [0.2, 0.25) is 0 Å². The van der Waals surface area contributed by atoms with Crippen molar-refractivity contribution in [1.82, 2.24) is 5.43 Å². The van der Waals surface area contributed by atoms with Gasteiger partial charge in [0, 0.05) is 9.26 Å². The lowest BCUT2D eigenvalue weighted by Gasteiger charge is -2.07. The van der Waals surface area contributed by atoms with Gasteiger partial charge in [0.05, 0.1) is 19.0 Å². The summed E-state index contributed by atoms with van der Waals surface area (Å²) in [7, 11) is 0. The number of hydrazone groups is 1. The number of carbonyl (C=O) groups excluding carboxylic acids is 1. The number of nitrogens with zero attached hydrogens (tertiary/aromatic N) is 1. The Bertz CT molecular complexity index is 609. The summed E-state index contributed by atoms with van der Waals surface area (Å²) in [6, 6.07) is 9.45. The van der Waals surface area contributed by atoms with Crippen molar-refractivity contribution in [3.05, 3.63) is 51.5 Å². The highest BCUT2D eigenvalue weighted by molar-refractivity contribution is 14.1. The molecule has 0 fully saturated rings. The van der Waals surface area contributed by atoms with Gasteiger partial charge in [0.15, 0.2) is 0 Å². The molecule has 0 saturated heterocycles. The van der Waals surface area contributed by atoms with Crippen molar-refractivity contribution in [1.29, 1.82) is 0 Å². The Labute approximate surface area is 130 Å². The molecule has 1 aromatic carbocycles. The molecule has 6 heteroatoms. The van der Waals surface area contributed by atoms with Crippen LogP contribution in [-0.2, 0) is 4.79 Å². The first-order valence-corrected chi connectivity index (χ1v) is 7.08. The number of nitrogens with one attached hydrogen (secondary N) is 2. The highest BCUT2D eigenvalue weighted by Gasteiger charge is 2.01. The van der Waals surface area contributed by atoms with Gasteiger partial charge in [-0.25, -0.2) is 5.43 Å². The second kappa shape index (κ2) is 7.09. The predicted molar refractivity (Wildman–Crippen MR) is 86.8 cm³/mol. The third kappa shape index (κ3) is 4.37. The highest BCUT2D eigenvalue weighted by atomic mass is 127. The van der Waals surface area contributed by atoms with E-state index in [0.717, 1.165) is 5.69 Å². The maximum absolute atomic E-state index is 11.6. The maximum Gasteiger partial charge on any atom is 0.259 e. The number of rotatable bonds is 5. The molecule has 0 aliphatic rings. The number of amides is 1. The number of halogens is 1. The lowest BCUT2D eigenvalue weighted by Crippen LogP contribution is -2.25. The van der Waals surface area contributed by atoms with Crippen LogP contribution in [0.25, 0.3) is 0 Å². The molecule has 20 heavy (non-hydrogen) atoms. The van der Waals surface area contributed by atoms with E-state index in [1.165, 1.54) is 15.3 Å². The van der Waals surface area contributed by atoms with Crippen LogP contribution in [0.3, 0.4) is 0 Å². The Morgan fingerprint density at radius 3 is 3.00 bits per heavy atom. The van der Waals surface area contributed by atoms with Crippen LogP contribution < -0.4 is 10.7 Å². The van der Waals surface area contributed by atoms with E-state index in [2.05, 4.69) is 38.4 Å². The second-order valence-corrected chi connectivity index (χ2v) is 5.29. The minimum absolute atomic E-state index is 0.162. The van der Waals surface area contributed by atoms with Gasteiger partial charge >= 0.3 is 0 Å². The average molecular weight is 383 g/mol. The first-order chi connectivity index (χ1) is 9.65. The molecule has 0 unspecified atom stereocenters. The van der Waals surface area contributed by atoms with Gasteiger partial charge in [0.2, 0.25) is 0 Å². The number of carbonyl (C=O) groups is 1. The second-order valence-electron chi connectivity index (χ2n) is 4.13. The third-order valence-corrected chi connectivity index (χ3v) is 3.75. The van der Waals surface area contributed by atoms with Crippen molar-refractivity contribution in [2.45, 2.75) is 6.92 Å². The molecule has 5 nitrogen and oxygen atoms in total. The summed E-state index contributed by atoms with van der Waals surface area (Å²) in [5.74, 6) is 0.371. The minimum Gasteiger partial charge on any atom is -0.463 e. The quantitative estimate of drug-likeness (QED) is 0.474. The van der Waals surface area contributed by atoms with Crippen LogP contribution in [0, 0.1) is 10.5 Å². The van der Waals surface area contributed by atoms with Crippen molar-refractivity contribution in [2.24, 2.45) is 5.10 Å². The Morgan fingerprint density at radius 1 is 1.45 bits per heavy atom. The molecule has 1 amide bonds. The van der Waals surface area contributed by atoms with Crippen LogP contribution >= 0.6 is 22.6 Å². The fraction of sp³-hybridized carbons (Fsp3) is 0.143. The van der Waals surface area contributed by atoms with Crippen LogP contribution in [0.4, 0.5) is 5.69 Å². The summed E-state index contributed by atoms with van der Waals surface area (Å²) in [6.45, 7) is 2.19. The first-order valence-electron chi connectivity index (χ1n) is 6.00. The smallest absolute Gasteiger partial charge is 0.259 e. The van der Waals surface area contributed by atoms with Crippen molar-refractivity contribution in [3.63, 3.8) is 0 Å². The van der Waals surface area contributed by atoms with Gasteiger partial charge in [-0.3, -0.25) is 4.79 Å². The van der Waals surface area contributed by atoms with Crippen molar-refractivity contribution < 1.29 is 9.21 Å². The maximum atomic E-state index is 11.6. The first kappa shape index (κ1) is 14.6. The summed E-state index contributed by atoms with van der Waals surface area (Å²) in [4.78, 5) is 11.6. The molecule has 2 rings (SSSR count). The fourth-order valence-electron chi connectivity index (χ4n) is 1.51. The molecule has 2 N–H and O–H groups in total. The molecule has 0 saturated carbocycles. The molecule has 0 aliphatic carbocycles. The Kier molecular flexibility index (Phi) is 5.16. The molecular weight excluding hydrogens is 369 g/mol. The van der Waals surface area contributed by atoms with Crippen molar-refractivity contribution in [3.8, 4) is 0 Å². The van der Waals surface area contributed by atoms with Crippen LogP contribution in [0.5, 0.6) is 0 Å². The zero-order chi connectivity index (χ0) is 14.4. The number of furan rings is 1. The van der Waals surface area contributed by atoms with Crippen molar-refractivity contribution >= 4 is 40.4 Å². The summed E-state index contributed by atoms with van der Waals surface area (Å²) in [5.41, 5.74) is 4.51. The van der Waals surface area contributed by atoms with E-state index in [1.54, 1.807) is 18.4 Å². The lowest BCUT2D eigenvalue weighted by atomic mass is 10.2. The number of anilines is 1. The van der Waals surface area contributed by atoms with E-state index in [0.29, 0.717) is 5.76 Å². The number of hydrogen-bond acceptors (Lipinski definition) is 4. The summed E-state index contributed by atoms with van der Waals surface area (Å²) < 4.78 is 6.25. The van der Waals surface area contributed by atoms with Crippen LogP contribution in [-0.4, -0.2) is 18.7 Å². The monoisotopic (exact) mass is 383 g/mol. The van der Waals surface area contributed by atoms with Gasteiger partial charge in [0.25, 0.3) is 5.91 Å². The van der Waals surface area contributed by atoms with Crippen LogP contribution in [0.15, 0.2) is 46.1 Å². The molecule has 0 aliphatic heterocycles. The van der Waals surface area contributed by atoms with E-state index in [-0.39, 0.29) is 12.5 Å². The molecular formula is C14H14IN3O2. The van der Waals surface area contributed by atoms with Gasteiger partial charge in [-0.15, -0.1) is 0 Å². The largest absolute Gasteiger partial charge is 0.463 e. The fourth-order valence-corrected chi connectivity index (χ4v) is 1.84. The molecule has 0 bridgehead atoms. The number of benzene rings is 1. The molecule has 1 aromatic heterocycles. The van der Waals surface area contributed by atoms with Gasteiger partial charge in [-0.2, -0.15) is 5.10 Å². The zero-order valence-electron chi connectivity index (χ0n) is 10.9. The Balaban J connectivity index is 1.78. The topological polar surface area (TPSA) is 66.6 Å². The van der Waals surface area contributed by atoms with E-state index < -0.39 is 0 Å². The van der Waals surface area contributed by atoms with Gasteiger partial charge in [-0.1, -0.05) is 0 Å². The van der Waals surface area contributed by atoms with Gasteiger partial charge in [0.1, 0.15) is 5.76 Å². The predicted octanol–water partition coefficient (Wildman–Crippen LogP) is 2.75. The zero-order valence-corrected chi connectivity index (χ0v) is 13.0. The van der Waals surface area contributed by atoms with Crippen molar-refractivity contribution in [2.75, 3.05) is 11.9 Å². The molecule has 1 heterocycles. The molecule has 2 aromatic rings. The van der Waals surface area contributed by atoms with E-state index in [4.69, 9.17) is 4.42 Å². The molecule has 0 spiro atoms. The number of aryl methyl sites for hydroxylation is 1. The summed E-state index contributed by atoms with van der Waals surface area (Å²) in [5, 5.41) is 6.84. The summed E-state index contributed by atoms with van der Waals surface area (Å²) in [6.07, 6.45) is 3.00.